The molecular weight excluding hydrogens is 272 g/mol. The third-order valence-electron chi connectivity index (χ3n) is 3.98. The zero-order chi connectivity index (χ0) is 16.2. The van der Waals surface area contributed by atoms with Crippen LogP contribution in [0.1, 0.15) is 45.2 Å². The van der Waals surface area contributed by atoms with Crippen molar-refractivity contribution in [3.63, 3.8) is 0 Å². The van der Waals surface area contributed by atoms with Gasteiger partial charge in [0, 0.05) is 5.41 Å². The predicted molar refractivity (Wildman–Crippen MR) is 89.6 cm³/mol. The summed E-state index contributed by atoms with van der Waals surface area (Å²) in [6.07, 6.45) is 0.354. The first-order valence-electron chi connectivity index (χ1n) is 7.64. The standard InChI is InChI=1S/C20H24O2/c1-19(2,16-11-7-5-8-12-16)15-18(21)22-20(3,4)17-13-9-6-10-14-17/h5-14H,15H2,1-4H3. The number of hydrogen-bond donors (Lipinski definition) is 0. The molecule has 0 saturated carbocycles. The lowest BCUT2D eigenvalue weighted by molar-refractivity contribution is -0.158. The summed E-state index contributed by atoms with van der Waals surface area (Å²) in [7, 11) is 0. The van der Waals surface area contributed by atoms with Crippen LogP contribution in [0.15, 0.2) is 60.7 Å². The monoisotopic (exact) mass is 296 g/mol. The molecule has 2 heteroatoms. The van der Waals surface area contributed by atoms with Gasteiger partial charge in [0.2, 0.25) is 0 Å². The molecule has 2 rings (SSSR count). The maximum atomic E-state index is 12.4. The lowest BCUT2D eigenvalue weighted by atomic mass is 9.81. The van der Waals surface area contributed by atoms with Crippen molar-refractivity contribution >= 4 is 5.97 Å². The first-order chi connectivity index (χ1) is 10.3. The summed E-state index contributed by atoms with van der Waals surface area (Å²) in [5.74, 6) is -0.178. The van der Waals surface area contributed by atoms with Crippen LogP contribution in [0.2, 0.25) is 0 Å². The van der Waals surface area contributed by atoms with Gasteiger partial charge >= 0.3 is 5.97 Å². The molecule has 0 saturated heterocycles. The Hall–Kier alpha value is -2.09. The van der Waals surface area contributed by atoms with Crippen molar-refractivity contribution in [1.82, 2.24) is 0 Å². The molecule has 0 aromatic heterocycles. The Labute approximate surface area is 133 Å². The average molecular weight is 296 g/mol. The van der Waals surface area contributed by atoms with Gasteiger partial charge in [-0.05, 0) is 25.0 Å². The van der Waals surface area contributed by atoms with Crippen molar-refractivity contribution in [2.45, 2.75) is 45.1 Å². The van der Waals surface area contributed by atoms with Crippen LogP contribution in [0.4, 0.5) is 0 Å². The lowest BCUT2D eigenvalue weighted by Gasteiger charge is -2.29. The Morgan fingerprint density at radius 1 is 0.818 bits per heavy atom. The van der Waals surface area contributed by atoms with Gasteiger partial charge in [0.15, 0.2) is 0 Å². The topological polar surface area (TPSA) is 26.3 Å². The van der Waals surface area contributed by atoms with Gasteiger partial charge in [-0.2, -0.15) is 0 Å². The highest BCUT2D eigenvalue weighted by atomic mass is 16.6. The molecule has 0 aliphatic rings. The van der Waals surface area contributed by atoms with E-state index in [4.69, 9.17) is 4.74 Å². The molecule has 116 valence electrons. The van der Waals surface area contributed by atoms with E-state index in [-0.39, 0.29) is 11.4 Å². The van der Waals surface area contributed by atoms with Crippen molar-refractivity contribution < 1.29 is 9.53 Å². The van der Waals surface area contributed by atoms with Crippen molar-refractivity contribution in [2.75, 3.05) is 0 Å². The minimum Gasteiger partial charge on any atom is -0.455 e. The third-order valence-corrected chi connectivity index (χ3v) is 3.98. The van der Waals surface area contributed by atoms with Gasteiger partial charge in [-0.15, -0.1) is 0 Å². The van der Waals surface area contributed by atoms with Crippen LogP contribution < -0.4 is 0 Å². The first kappa shape index (κ1) is 16.3. The largest absolute Gasteiger partial charge is 0.455 e. The number of ether oxygens (including phenoxy) is 1. The van der Waals surface area contributed by atoms with Crippen LogP contribution in [-0.2, 0) is 20.5 Å². The molecule has 0 atom stereocenters. The summed E-state index contributed by atoms with van der Waals surface area (Å²) >= 11 is 0. The van der Waals surface area contributed by atoms with E-state index in [1.54, 1.807) is 0 Å². The molecule has 0 aliphatic carbocycles. The summed E-state index contributed by atoms with van der Waals surface area (Å²) in [5, 5.41) is 0. The Balaban J connectivity index is 2.07. The quantitative estimate of drug-likeness (QED) is 0.738. The van der Waals surface area contributed by atoms with E-state index in [2.05, 4.69) is 26.0 Å². The third kappa shape index (κ3) is 3.97. The minimum absolute atomic E-state index is 0.178. The van der Waals surface area contributed by atoms with Crippen LogP contribution in [0, 0.1) is 0 Å². The fourth-order valence-electron chi connectivity index (χ4n) is 2.57. The van der Waals surface area contributed by atoms with Gasteiger partial charge in [-0.3, -0.25) is 4.79 Å². The summed E-state index contributed by atoms with van der Waals surface area (Å²) in [6.45, 7) is 7.99. The highest BCUT2D eigenvalue weighted by molar-refractivity contribution is 5.72. The molecule has 0 bridgehead atoms. The van der Waals surface area contributed by atoms with E-state index >= 15 is 0 Å². The van der Waals surface area contributed by atoms with Crippen LogP contribution in [0.5, 0.6) is 0 Å². The van der Waals surface area contributed by atoms with E-state index in [1.165, 1.54) is 0 Å². The van der Waals surface area contributed by atoms with E-state index < -0.39 is 5.60 Å². The van der Waals surface area contributed by atoms with Gasteiger partial charge < -0.3 is 4.74 Å². The molecule has 0 aliphatic heterocycles. The molecular formula is C20H24O2. The summed E-state index contributed by atoms with van der Waals surface area (Å²) in [4.78, 5) is 12.4. The van der Waals surface area contributed by atoms with Gasteiger partial charge in [0.1, 0.15) is 5.60 Å². The van der Waals surface area contributed by atoms with Gasteiger partial charge in [-0.25, -0.2) is 0 Å². The van der Waals surface area contributed by atoms with Gasteiger partial charge in [0.25, 0.3) is 0 Å². The van der Waals surface area contributed by atoms with Crippen LogP contribution in [0.25, 0.3) is 0 Å². The molecule has 0 radical (unpaired) electrons. The molecule has 0 unspecified atom stereocenters. The Bertz CT molecular complexity index is 557. The molecule has 0 N–H and O–H groups in total. The molecule has 2 aromatic carbocycles. The highest BCUT2D eigenvalue weighted by Gasteiger charge is 2.30. The Kier molecular flexibility index (Phi) is 4.70. The van der Waals surface area contributed by atoms with Crippen LogP contribution in [-0.4, -0.2) is 5.97 Å². The second-order valence-electron chi connectivity index (χ2n) is 6.78. The van der Waals surface area contributed by atoms with Crippen molar-refractivity contribution in [3.8, 4) is 0 Å². The van der Waals surface area contributed by atoms with Crippen molar-refractivity contribution in [3.05, 3.63) is 71.8 Å². The zero-order valence-electron chi connectivity index (χ0n) is 13.8. The fraction of sp³-hybridized carbons (Fsp3) is 0.350. The minimum atomic E-state index is -0.620. The van der Waals surface area contributed by atoms with E-state index in [1.807, 2.05) is 62.4 Å². The number of benzene rings is 2. The number of esters is 1. The lowest BCUT2D eigenvalue weighted by Crippen LogP contribution is -2.30. The van der Waals surface area contributed by atoms with Crippen molar-refractivity contribution in [1.29, 1.82) is 0 Å². The fourth-order valence-corrected chi connectivity index (χ4v) is 2.57. The van der Waals surface area contributed by atoms with Crippen LogP contribution in [0.3, 0.4) is 0 Å². The van der Waals surface area contributed by atoms with Crippen molar-refractivity contribution in [2.24, 2.45) is 0 Å². The van der Waals surface area contributed by atoms with E-state index in [0.29, 0.717) is 6.42 Å². The zero-order valence-corrected chi connectivity index (χ0v) is 13.8. The number of hydrogen-bond acceptors (Lipinski definition) is 2. The Morgan fingerprint density at radius 3 is 1.77 bits per heavy atom. The molecule has 0 fully saturated rings. The molecule has 0 heterocycles. The maximum absolute atomic E-state index is 12.4. The SMILES string of the molecule is CC(C)(CC(=O)OC(C)(C)c1ccccc1)c1ccccc1. The number of carbonyl (C=O) groups excluding carboxylic acids is 1. The molecule has 2 aromatic rings. The van der Waals surface area contributed by atoms with Gasteiger partial charge in [0.05, 0.1) is 6.42 Å². The maximum Gasteiger partial charge on any atom is 0.307 e. The summed E-state index contributed by atoms with van der Waals surface area (Å²) in [6, 6.07) is 19.9. The molecule has 0 amide bonds. The molecule has 2 nitrogen and oxygen atoms in total. The Morgan fingerprint density at radius 2 is 1.27 bits per heavy atom. The second-order valence-corrected chi connectivity index (χ2v) is 6.78. The van der Waals surface area contributed by atoms with Gasteiger partial charge in [-0.1, -0.05) is 74.5 Å². The van der Waals surface area contributed by atoms with E-state index in [9.17, 15) is 4.79 Å². The second kappa shape index (κ2) is 6.35. The number of rotatable bonds is 5. The number of carbonyl (C=O) groups is 1. The van der Waals surface area contributed by atoms with Crippen LogP contribution >= 0.6 is 0 Å². The molecule has 22 heavy (non-hydrogen) atoms. The normalized spacial score (nSPS) is 12.0. The smallest absolute Gasteiger partial charge is 0.307 e. The first-order valence-corrected chi connectivity index (χ1v) is 7.64. The van der Waals surface area contributed by atoms with E-state index in [0.717, 1.165) is 11.1 Å². The summed E-state index contributed by atoms with van der Waals surface area (Å²) in [5.41, 5.74) is 1.28. The summed E-state index contributed by atoms with van der Waals surface area (Å²) < 4.78 is 5.74. The molecule has 0 spiro atoms. The predicted octanol–water partition coefficient (Wildman–Crippen LogP) is 4.83. The highest BCUT2D eigenvalue weighted by Crippen LogP contribution is 2.30. The average Bonchev–Trinajstić information content (AvgIpc) is 2.48.